The van der Waals surface area contributed by atoms with Gasteiger partial charge in [-0.2, -0.15) is 0 Å². The van der Waals surface area contributed by atoms with Gasteiger partial charge in [-0.15, -0.1) is 0 Å². The van der Waals surface area contributed by atoms with Crippen LogP contribution in [0.25, 0.3) is 16.6 Å². The van der Waals surface area contributed by atoms with E-state index in [0.29, 0.717) is 28.2 Å². The number of aliphatic hydroxyl groups is 1. The lowest BCUT2D eigenvalue weighted by Crippen LogP contribution is -2.21. The van der Waals surface area contributed by atoms with Crippen molar-refractivity contribution in [3.05, 3.63) is 63.4 Å². The van der Waals surface area contributed by atoms with Crippen LogP contribution in [0.15, 0.2) is 63.0 Å². The van der Waals surface area contributed by atoms with Crippen LogP contribution in [-0.2, 0) is 0 Å². The van der Waals surface area contributed by atoms with Crippen molar-refractivity contribution in [2.24, 2.45) is 0 Å². The Kier molecular flexibility index (Phi) is 5.15. The summed E-state index contributed by atoms with van der Waals surface area (Å²) in [6, 6.07) is 15.0. The summed E-state index contributed by atoms with van der Waals surface area (Å²) in [5.41, 5.74) is 1.38. The Hall–Kier alpha value is -1.63. The van der Waals surface area contributed by atoms with Crippen LogP contribution in [0, 0.1) is 0 Å². The largest absolute Gasteiger partial charge is 0.396 e. The van der Waals surface area contributed by atoms with Crippen molar-refractivity contribution >= 4 is 38.6 Å². The molecule has 0 saturated heterocycles. The SMILES string of the molecule is O=c1c2cc(Br)ccc2nc(SCCCO)n1-c1ccccc1. The highest BCUT2D eigenvalue weighted by molar-refractivity contribution is 9.10. The van der Waals surface area contributed by atoms with Crippen LogP contribution < -0.4 is 5.56 Å². The van der Waals surface area contributed by atoms with E-state index in [9.17, 15) is 4.79 Å². The number of thioether (sulfide) groups is 1. The van der Waals surface area contributed by atoms with Gasteiger partial charge in [0.05, 0.1) is 16.6 Å². The van der Waals surface area contributed by atoms with Gasteiger partial charge in [0.2, 0.25) is 0 Å². The smallest absolute Gasteiger partial charge is 0.266 e. The maximum atomic E-state index is 13.0. The standard InChI is InChI=1S/C17H15BrN2O2S/c18-12-7-8-15-14(11-12)16(22)20(13-5-2-1-3-6-13)17(19-15)23-10-4-9-21/h1-3,5-8,11,21H,4,9-10H2. The second kappa shape index (κ2) is 7.29. The van der Waals surface area contributed by atoms with Crippen molar-refractivity contribution in [2.75, 3.05) is 12.4 Å². The van der Waals surface area contributed by atoms with E-state index in [4.69, 9.17) is 5.11 Å². The third kappa shape index (κ3) is 3.49. The normalized spacial score (nSPS) is 11.0. The number of para-hydroxylation sites is 1. The molecule has 0 saturated carbocycles. The quantitative estimate of drug-likeness (QED) is 0.410. The van der Waals surface area contributed by atoms with Crippen LogP contribution in [0.4, 0.5) is 0 Å². The predicted octanol–water partition coefficient (Wildman–Crippen LogP) is 3.62. The van der Waals surface area contributed by atoms with Gasteiger partial charge in [-0.3, -0.25) is 9.36 Å². The first-order valence-corrected chi connectivity index (χ1v) is 9.00. The molecule has 3 aromatic rings. The van der Waals surface area contributed by atoms with E-state index in [2.05, 4.69) is 20.9 Å². The molecule has 1 aromatic heterocycles. The maximum Gasteiger partial charge on any atom is 0.266 e. The van der Waals surface area contributed by atoms with Gasteiger partial charge < -0.3 is 5.11 Å². The zero-order valence-electron chi connectivity index (χ0n) is 12.3. The summed E-state index contributed by atoms with van der Waals surface area (Å²) >= 11 is 4.89. The van der Waals surface area contributed by atoms with Gasteiger partial charge in [-0.1, -0.05) is 45.9 Å². The molecule has 2 aromatic carbocycles. The Balaban J connectivity index is 2.22. The molecule has 0 bridgehead atoms. The van der Waals surface area contributed by atoms with E-state index in [1.54, 1.807) is 10.6 Å². The molecule has 0 unspecified atom stereocenters. The molecule has 0 spiro atoms. The van der Waals surface area contributed by atoms with Gasteiger partial charge in [0.15, 0.2) is 5.16 Å². The number of fused-ring (bicyclic) bond motifs is 1. The summed E-state index contributed by atoms with van der Waals surface area (Å²) in [5, 5.41) is 10.2. The number of benzene rings is 2. The minimum atomic E-state index is -0.0889. The summed E-state index contributed by atoms with van der Waals surface area (Å²) in [6.45, 7) is 0.128. The minimum Gasteiger partial charge on any atom is -0.396 e. The molecule has 4 nitrogen and oxygen atoms in total. The number of aliphatic hydroxyl groups excluding tert-OH is 1. The third-order valence-electron chi connectivity index (χ3n) is 3.35. The van der Waals surface area contributed by atoms with Crippen molar-refractivity contribution in [3.63, 3.8) is 0 Å². The van der Waals surface area contributed by atoms with Crippen LogP contribution in [0.2, 0.25) is 0 Å². The monoisotopic (exact) mass is 390 g/mol. The Morgan fingerprint density at radius 1 is 1.17 bits per heavy atom. The summed E-state index contributed by atoms with van der Waals surface area (Å²) in [6.07, 6.45) is 0.660. The highest BCUT2D eigenvalue weighted by Gasteiger charge is 2.13. The average Bonchev–Trinajstić information content (AvgIpc) is 2.57. The Morgan fingerprint density at radius 2 is 1.96 bits per heavy atom. The Bertz CT molecular complexity index is 881. The number of nitrogens with zero attached hydrogens (tertiary/aromatic N) is 2. The molecule has 0 radical (unpaired) electrons. The second-order valence-corrected chi connectivity index (χ2v) is 6.94. The van der Waals surface area contributed by atoms with Crippen molar-refractivity contribution in [3.8, 4) is 5.69 Å². The van der Waals surface area contributed by atoms with Crippen molar-refractivity contribution in [1.29, 1.82) is 0 Å². The number of hydrogen-bond donors (Lipinski definition) is 1. The molecule has 3 rings (SSSR count). The molecule has 1 heterocycles. The van der Waals surface area contributed by atoms with Crippen LogP contribution in [0.5, 0.6) is 0 Å². The van der Waals surface area contributed by atoms with Gasteiger partial charge in [0.1, 0.15) is 0 Å². The summed E-state index contributed by atoms with van der Waals surface area (Å²) in [4.78, 5) is 17.6. The fourth-order valence-corrected chi connectivity index (χ4v) is 3.56. The first-order chi connectivity index (χ1) is 11.2. The maximum absolute atomic E-state index is 13.0. The van der Waals surface area contributed by atoms with E-state index in [0.717, 1.165) is 10.2 Å². The van der Waals surface area contributed by atoms with Gasteiger partial charge >= 0.3 is 0 Å². The lowest BCUT2D eigenvalue weighted by Gasteiger charge is -2.13. The van der Waals surface area contributed by atoms with Crippen molar-refractivity contribution < 1.29 is 5.11 Å². The number of hydrogen-bond acceptors (Lipinski definition) is 4. The van der Waals surface area contributed by atoms with Gasteiger partial charge in [-0.25, -0.2) is 4.98 Å². The molecule has 0 aliphatic rings. The van der Waals surface area contributed by atoms with E-state index in [-0.39, 0.29) is 12.2 Å². The lowest BCUT2D eigenvalue weighted by molar-refractivity contribution is 0.296. The molecular formula is C17H15BrN2O2S. The van der Waals surface area contributed by atoms with Crippen LogP contribution >= 0.6 is 27.7 Å². The second-order valence-electron chi connectivity index (χ2n) is 4.96. The molecule has 23 heavy (non-hydrogen) atoms. The van der Waals surface area contributed by atoms with Gasteiger partial charge in [-0.05, 0) is 36.8 Å². The van der Waals surface area contributed by atoms with E-state index in [1.807, 2.05) is 42.5 Å². The predicted molar refractivity (Wildman–Crippen MR) is 97.5 cm³/mol. The minimum absolute atomic E-state index is 0.0889. The molecule has 0 aliphatic carbocycles. The zero-order chi connectivity index (χ0) is 16.2. The van der Waals surface area contributed by atoms with Crippen molar-refractivity contribution in [2.45, 2.75) is 11.6 Å². The fourth-order valence-electron chi connectivity index (χ4n) is 2.27. The van der Waals surface area contributed by atoms with Crippen LogP contribution in [0.3, 0.4) is 0 Å². The molecule has 0 fully saturated rings. The van der Waals surface area contributed by atoms with E-state index < -0.39 is 0 Å². The number of rotatable bonds is 5. The third-order valence-corrected chi connectivity index (χ3v) is 4.87. The fraction of sp³-hybridized carbons (Fsp3) is 0.176. The van der Waals surface area contributed by atoms with Gasteiger partial charge in [0.25, 0.3) is 5.56 Å². The number of aromatic nitrogens is 2. The van der Waals surface area contributed by atoms with Crippen LogP contribution in [-0.4, -0.2) is 27.0 Å². The first-order valence-electron chi connectivity index (χ1n) is 7.22. The lowest BCUT2D eigenvalue weighted by atomic mass is 10.2. The highest BCUT2D eigenvalue weighted by Crippen LogP contribution is 2.23. The molecule has 118 valence electrons. The van der Waals surface area contributed by atoms with Crippen LogP contribution in [0.1, 0.15) is 6.42 Å². The Labute approximate surface area is 146 Å². The van der Waals surface area contributed by atoms with Gasteiger partial charge in [0, 0.05) is 16.8 Å². The summed E-state index contributed by atoms with van der Waals surface area (Å²) in [7, 11) is 0. The topological polar surface area (TPSA) is 55.1 Å². The average molecular weight is 391 g/mol. The zero-order valence-corrected chi connectivity index (χ0v) is 14.7. The summed E-state index contributed by atoms with van der Waals surface area (Å²) in [5.74, 6) is 0.706. The van der Waals surface area contributed by atoms with Crippen molar-refractivity contribution in [1.82, 2.24) is 9.55 Å². The van der Waals surface area contributed by atoms with E-state index >= 15 is 0 Å². The molecule has 6 heteroatoms. The van der Waals surface area contributed by atoms with E-state index in [1.165, 1.54) is 11.8 Å². The highest BCUT2D eigenvalue weighted by atomic mass is 79.9. The molecule has 0 amide bonds. The number of halogens is 1. The molecule has 0 aliphatic heterocycles. The summed E-state index contributed by atoms with van der Waals surface area (Å²) < 4.78 is 2.49. The molecule has 0 atom stereocenters. The molecule has 1 N–H and O–H groups in total. The Morgan fingerprint density at radius 3 is 2.70 bits per heavy atom. The first kappa shape index (κ1) is 16.2. The molecular weight excluding hydrogens is 376 g/mol.